The smallest absolute Gasteiger partial charge is 0.437 e. The maximum Gasteiger partial charge on any atom is 0.504 e. The zero-order valence-electron chi connectivity index (χ0n) is 19.9. The number of hydrogen-bond donors (Lipinski definition) is 2. The molecule has 0 spiro atoms. The molecule has 2 heterocycles. The number of furan rings is 1. The molecule has 9 nitrogen and oxygen atoms in total. The zero-order valence-corrected chi connectivity index (χ0v) is 21.7. The summed E-state index contributed by atoms with van der Waals surface area (Å²) in [5, 5.41) is 3.33. The molecule has 1 amide bonds. The molecule has 0 bridgehead atoms. The van der Waals surface area contributed by atoms with Gasteiger partial charge in [0.15, 0.2) is 6.66 Å². The van der Waals surface area contributed by atoms with Gasteiger partial charge >= 0.3 is 8.03 Å². The highest BCUT2D eigenvalue weighted by Gasteiger charge is 2.31. The number of hydrogen-bond acceptors (Lipinski definition) is 6. The molecular formula is C24H29N3O6PS+. The van der Waals surface area contributed by atoms with E-state index < -0.39 is 19.3 Å². The Hall–Kier alpha value is -2.49. The summed E-state index contributed by atoms with van der Waals surface area (Å²) >= 11 is -2.22. The molecule has 1 saturated carbocycles. The lowest BCUT2D eigenvalue weighted by Crippen LogP contribution is -2.28. The van der Waals surface area contributed by atoms with Gasteiger partial charge in [0.05, 0.1) is 23.2 Å². The topological polar surface area (TPSA) is 122 Å². The Kier molecular flexibility index (Phi) is 8.09. The maximum atomic E-state index is 12.9. The average molecular weight is 519 g/mol. The van der Waals surface area contributed by atoms with E-state index in [2.05, 4.69) is 5.32 Å². The van der Waals surface area contributed by atoms with Crippen LogP contribution in [0.1, 0.15) is 52.4 Å². The van der Waals surface area contributed by atoms with Crippen LogP contribution < -0.4 is 5.32 Å². The van der Waals surface area contributed by atoms with Crippen molar-refractivity contribution >= 4 is 36.3 Å². The molecular weight excluding hydrogens is 489 g/mol. The fourth-order valence-corrected chi connectivity index (χ4v) is 4.93. The van der Waals surface area contributed by atoms with Crippen LogP contribution in [0, 0.1) is 6.92 Å². The minimum absolute atomic E-state index is 0.138. The third kappa shape index (κ3) is 6.02. The van der Waals surface area contributed by atoms with Gasteiger partial charge in [0, 0.05) is 19.2 Å². The largest absolute Gasteiger partial charge is 0.504 e. The number of benzene rings is 1. The standard InChI is InChI=1S/C24H28N3O6PS/c1-15-5-7-17(8-6-15)22-21(23(28)25-2)19-13-18(16-9-10-16)20(26-24(19)33-22)14-27(35(30)31)11-4-12-32-34(3)29/h5-8,13,16H,4,9-12,14H2,1-3H3,(H-,25,28,30,31)/p+1. The number of nitrogens with one attached hydrogen (secondary N) is 1. The van der Waals surface area contributed by atoms with Gasteiger partial charge in [-0.3, -0.25) is 9.35 Å². The number of fused-ring (bicyclic) bond motifs is 1. The molecule has 1 aliphatic rings. The lowest BCUT2D eigenvalue weighted by Gasteiger charge is -2.18. The molecule has 3 aromatic rings. The quantitative estimate of drug-likeness (QED) is 0.213. The van der Waals surface area contributed by atoms with Crippen molar-refractivity contribution in [3.05, 3.63) is 52.7 Å². The van der Waals surface area contributed by atoms with Crippen LogP contribution in [0.4, 0.5) is 0 Å². The highest BCUT2D eigenvalue weighted by molar-refractivity contribution is 7.76. The van der Waals surface area contributed by atoms with Crippen molar-refractivity contribution in [3.8, 4) is 11.3 Å². The van der Waals surface area contributed by atoms with E-state index in [0.717, 1.165) is 29.5 Å². The Bertz CT molecular complexity index is 1270. The summed E-state index contributed by atoms with van der Waals surface area (Å²) in [5.74, 6) is 0.473. The van der Waals surface area contributed by atoms with E-state index in [1.54, 1.807) is 7.05 Å². The van der Waals surface area contributed by atoms with E-state index in [-0.39, 0.29) is 25.6 Å². The van der Waals surface area contributed by atoms with Gasteiger partial charge in [0.1, 0.15) is 12.4 Å². The Balaban J connectivity index is 1.73. The highest BCUT2D eigenvalue weighted by Crippen LogP contribution is 2.44. The van der Waals surface area contributed by atoms with E-state index in [1.165, 1.54) is 11.0 Å². The van der Waals surface area contributed by atoms with Gasteiger partial charge in [0.25, 0.3) is 5.91 Å². The summed E-state index contributed by atoms with van der Waals surface area (Å²) in [6, 6.07) is 9.68. The molecule has 35 heavy (non-hydrogen) atoms. The predicted octanol–water partition coefficient (Wildman–Crippen LogP) is 4.76. The lowest BCUT2D eigenvalue weighted by atomic mass is 10.0. The molecule has 186 valence electrons. The first-order valence-electron chi connectivity index (χ1n) is 11.4. The van der Waals surface area contributed by atoms with Gasteiger partial charge in [-0.1, -0.05) is 29.8 Å². The molecule has 1 aliphatic carbocycles. The number of rotatable bonds is 11. The Morgan fingerprint density at radius 3 is 2.66 bits per heavy atom. The van der Waals surface area contributed by atoms with Gasteiger partial charge < -0.3 is 9.73 Å². The molecule has 1 fully saturated rings. The van der Waals surface area contributed by atoms with Gasteiger partial charge in [-0.2, -0.15) is 4.31 Å². The van der Waals surface area contributed by atoms with Crippen LogP contribution in [-0.2, 0) is 26.9 Å². The molecule has 0 saturated heterocycles. The van der Waals surface area contributed by atoms with Crippen LogP contribution in [0.5, 0.6) is 0 Å². The van der Waals surface area contributed by atoms with Crippen molar-refractivity contribution in [2.75, 3.05) is 26.9 Å². The molecule has 2 aromatic heterocycles. The first-order valence-corrected chi connectivity index (χ1v) is 14.1. The summed E-state index contributed by atoms with van der Waals surface area (Å²) in [6.45, 7) is 4.10. The molecule has 2 unspecified atom stereocenters. The monoisotopic (exact) mass is 518 g/mol. The predicted molar refractivity (Wildman–Crippen MR) is 135 cm³/mol. The highest BCUT2D eigenvalue weighted by atomic mass is 32.2. The fraction of sp³-hybridized carbons (Fsp3) is 0.417. The first-order chi connectivity index (χ1) is 16.8. The van der Waals surface area contributed by atoms with E-state index >= 15 is 0 Å². The number of carbonyl (C=O) groups is 1. The summed E-state index contributed by atoms with van der Waals surface area (Å²) < 4.78 is 45.6. The first kappa shape index (κ1) is 25.6. The number of pyridine rings is 1. The van der Waals surface area contributed by atoms with Crippen LogP contribution in [0.25, 0.3) is 22.4 Å². The molecule has 2 N–H and O–H groups in total. The molecule has 4 rings (SSSR count). The third-order valence-electron chi connectivity index (χ3n) is 5.95. The molecule has 2 atom stereocenters. The van der Waals surface area contributed by atoms with E-state index in [4.69, 9.17) is 13.9 Å². The normalized spacial score (nSPS) is 14.9. The second-order valence-corrected chi connectivity index (χ2v) is 10.7. The average Bonchev–Trinajstić information content (AvgIpc) is 3.60. The van der Waals surface area contributed by atoms with Crippen LogP contribution in [0.15, 0.2) is 34.7 Å². The molecule has 11 heteroatoms. The van der Waals surface area contributed by atoms with E-state index in [9.17, 15) is 18.1 Å². The zero-order chi connectivity index (χ0) is 25.1. The summed E-state index contributed by atoms with van der Waals surface area (Å²) in [5.41, 5.74) is 4.22. The Labute approximate surface area is 207 Å². The van der Waals surface area contributed by atoms with Crippen LogP contribution in [0.3, 0.4) is 0 Å². The van der Waals surface area contributed by atoms with Crippen molar-refractivity contribution in [2.45, 2.75) is 38.6 Å². The molecule has 0 radical (unpaired) electrons. The second kappa shape index (κ2) is 11.1. The number of carbonyl (C=O) groups excluding carboxylic acids is 1. The number of aryl methyl sites for hydroxylation is 1. The van der Waals surface area contributed by atoms with Crippen molar-refractivity contribution in [3.63, 3.8) is 0 Å². The maximum absolute atomic E-state index is 12.9. The minimum Gasteiger partial charge on any atom is -0.437 e. The second-order valence-electron chi connectivity index (χ2n) is 8.62. The Morgan fingerprint density at radius 1 is 1.34 bits per heavy atom. The van der Waals surface area contributed by atoms with Crippen LogP contribution >= 0.6 is 8.03 Å². The SMILES string of the molecule is CNC(=O)c1c(-c2ccc(C)cc2)oc2nc(CN(CCCO[P+](C)=O)S(=O)O)c(C3CC3)cc12. The fourth-order valence-electron chi connectivity index (χ4n) is 4.02. The summed E-state index contributed by atoms with van der Waals surface area (Å²) in [6.07, 6.45) is 2.44. The Morgan fingerprint density at radius 2 is 2.06 bits per heavy atom. The van der Waals surface area contributed by atoms with Crippen molar-refractivity contribution in [1.29, 1.82) is 0 Å². The molecule has 1 aromatic carbocycles. The summed E-state index contributed by atoms with van der Waals surface area (Å²) in [4.78, 5) is 17.6. The number of aromatic nitrogens is 1. The van der Waals surface area contributed by atoms with Crippen molar-refractivity contribution in [2.24, 2.45) is 0 Å². The van der Waals surface area contributed by atoms with Crippen LogP contribution in [0.2, 0.25) is 0 Å². The van der Waals surface area contributed by atoms with Crippen LogP contribution in [-0.4, -0.2) is 50.8 Å². The van der Waals surface area contributed by atoms with Gasteiger partial charge in [-0.25, -0.2) is 9.19 Å². The van der Waals surface area contributed by atoms with E-state index in [1.807, 2.05) is 37.3 Å². The number of amides is 1. The summed E-state index contributed by atoms with van der Waals surface area (Å²) in [7, 11) is -0.134. The van der Waals surface area contributed by atoms with Gasteiger partial charge in [-0.15, -0.1) is 4.52 Å². The van der Waals surface area contributed by atoms with Gasteiger partial charge in [-0.05, 0) is 48.3 Å². The minimum atomic E-state index is -2.22. The van der Waals surface area contributed by atoms with E-state index in [0.29, 0.717) is 40.5 Å². The third-order valence-corrected chi connectivity index (χ3v) is 7.25. The van der Waals surface area contributed by atoms with Crippen molar-refractivity contribution < 1.29 is 27.1 Å². The molecule has 0 aliphatic heterocycles. The number of nitrogens with zero attached hydrogens (tertiary/aromatic N) is 2. The lowest BCUT2D eigenvalue weighted by molar-refractivity contribution is 0.0964. The van der Waals surface area contributed by atoms with Gasteiger partial charge in [0.2, 0.25) is 17.0 Å². The van der Waals surface area contributed by atoms with Crippen molar-refractivity contribution in [1.82, 2.24) is 14.6 Å².